The molecule has 0 aliphatic carbocycles. The van der Waals surface area contributed by atoms with Crippen LogP contribution in [0.5, 0.6) is 11.5 Å². The van der Waals surface area contributed by atoms with Crippen LogP contribution in [0.2, 0.25) is 0 Å². The second-order valence-corrected chi connectivity index (χ2v) is 8.60. The summed E-state index contributed by atoms with van der Waals surface area (Å²) in [6, 6.07) is 16.8. The number of methoxy groups -OCH3 is 3. The van der Waals surface area contributed by atoms with Crippen molar-refractivity contribution >= 4 is 11.8 Å². The van der Waals surface area contributed by atoms with E-state index in [-0.39, 0.29) is 18.4 Å². The van der Waals surface area contributed by atoms with Crippen LogP contribution in [0.3, 0.4) is 0 Å². The smallest absolute Gasteiger partial charge is 0.254 e. The zero-order chi connectivity index (χ0) is 26.6. The molecule has 0 unspecified atom stereocenters. The van der Waals surface area contributed by atoms with Gasteiger partial charge in [-0.3, -0.25) is 9.59 Å². The minimum Gasteiger partial charge on any atom is -0.493 e. The van der Waals surface area contributed by atoms with Gasteiger partial charge in [-0.2, -0.15) is 0 Å². The monoisotopic (exact) mass is 508 g/mol. The first-order valence-electron chi connectivity index (χ1n) is 12.4. The van der Waals surface area contributed by atoms with Gasteiger partial charge in [0.05, 0.1) is 33.6 Å². The highest BCUT2D eigenvalue weighted by Gasteiger charge is 2.23. The van der Waals surface area contributed by atoms with Gasteiger partial charge in [-0.1, -0.05) is 25.1 Å². The number of hydrogen-bond donors (Lipinski definition) is 0. The largest absolute Gasteiger partial charge is 0.493 e. The number of furan rings is 1. The zero-order valence-electron chi connectivity index (χ0n) is 22.1. The molecule has 0 saturated heterocycles. The first-order chi connectivity index (χ1) is 18.0. The van der Waals surface area contributed by atoms with Gasteiger partial charge < -0.3 is 28.4 Å². The van der Waals surface area contributed by atoms with E-state index >= 15 is 0 Å². The Morgan fingerprint density at radius 1 is 0.865 bits per heavy atom. The van der Waals surface area contributed by atoms with Crippen LogP contribution in [0.25, 0.3) is 0 Å². The molecule has 0 bridgehead atoms. The highest BCUT2D eigenvalue weighted by Crippen LogP contribution is 2.27. The van der Waals surface area contributed by atoms with Crippen molar-refractivity contribution in [2.24, 2.45) is 0 Å². The second kappa shape index (κ2) is 14.1. The molecule has 1 heterocycles. The Balaban J connectivity index is 1.76. The molecule has 2 amide bonds. The van der Waals surface area contributed by atoms with E-state index in [2.05, 4.69) is 6.92 Å². The van der Waals surface area contributed by atoms with Crippen molar-refractivity contribution in [3.8, 4) is 11.5 Å². The first-order valence-corrected chi connectivity index (χ1v) is 12.4. The molecule has 8 heteroatoms. The predicted molar refractivity (Wildman–Crippen MR) is 141 cm³/mol. The molecule has 0 aliphatic rings. The summed E-state index contributed by atoms with van der Waals surface area (Å²) in [6.45, 7) is 3.38. The summed E-state index contributed by atoms with van der Waals surface area (Å²) < 4.78 is 21.5. The number of carbonyl (C=O) groups is 2. The van der Waals surface area contributed by atoms with E-state index in [4.69, 9.17) is 18.6 Å². The van der Waals surface area contributed by atoms with E-state index in [1.54, 1.807) is 43.5 Å². The van der Waals surface area contributed by atoms with Crippen LogP contribution in [0.1, 0.15) is 34.2 Å². The topological polar surface area (TPSA) is 81.5 Å². The number of nitrogens with zero attached hydrogens (tertiary/aromatic N) is 2. The van der Waals surface area contributed by atoms with Gasteiger partial charge in [-0.25, -0.2) is 0 Å². The van der Waals surface area contributed by atoms with E-state index < -0.39 is 0 Å². The summed E-state index contributed by atoms with van der Waals surface area (Å²) in [4.78, 5) is 30.1. The highest BCUT2D eigenvalue weighted by molar-refractivity contribution is 5.96. The fraction of sp³-hybridized carbons (Fsp3) is 0.379. The van der Waals surface area contributed by atoms with Gasteiger partial charge in [0, 0.05) is 25.8 Å². The number of benzene rings is 2. The van der Waals surface area contributed by atoms with Gasteiger partial charge in [0.2, 0.25) is 5.91 Å². The van der Waals surface area contributed by atoms with Gasteiger partial charge in [0.15, 0.2) is 11.5 Å². The molecular formula is C29H36N2O6. The molecule has 8 nitrogen and oxygen atoms in total. The summed E-state index contributed by atoms with van der Waals surface area (Å²) in [5.74, 6) is 1.58. The van der Waals surface area contributed by atoms with E-state index in [0.717, 1.165) is 17.5 Å². The van der Waals surface area contributed by atoms with Gasteiger partial charge in [-0.05, 0) is 60.4 Å². The van der Waals surface area contributed by atoms with E-state index in [1.165, 1.54) is 0 Å². The number of carbonyl (C=O) groups excluding carboxylic acids is 2. The Morgan fingerprint density at radius 3 is 2.22 bits per heavy atom. The number of hydrogen-bond acceptors (Lipinski definition) is 6. The summed E-state index contributed by atoms with van der Waals surface area (Å²) in [5, 5.41) is 0. The molecule has 0 spiro atoms. The Labute approximate surface area is 218 Å². The molecule has 0 fully saturated rings. The second-order valence-electron chi connectivity index (χ2n) is 8.60. The number of amides is 2. The van der Waals surface area contributed by atoms with Crippen LogP contribution in [-0.4, -0.2) is 69.2 Å². The minimum atomic E-state index is -0.203. The third kappa shape index (κ3) is 7.85. The summed E-state index contributed by atoms with van der Waals surface area (Å²) >= 11 is 0. The van der Waals surface area contributed by atoms with Crippen LogP contribution in [0.15, 0.2) is 65.3 Å². The number of rotatable bonds is 14. The third-order valence-electron chi connectivity index (χ3n) is 6.19. The van der Waals surface area contributed by atoms with Crippen LogP contribution in [0.4, 0.5) is 0 Å². The molecule has 2 aromatic carbocycles. The molecule has 0 N–H and O–H groups in total. The molecule has 0 saturated carbocycles. The van der Waals surface area contributed by atoms with Crippen molar-refractivity contribution in [2.45, 2.75) is 26.3 Å². The fourth-order valence-electron chi connectivity index (χ4n) is 3.97. The third-order valence-corrected chi connectivity index (χ3v) is 6.19. The van der Waals surface area contributed by atoms with E-state index in [1.807, 2.05) is 48.5 Å². The lowest BCUT2D eigenvalue weighted by Crippen LogP contribution is -2.44. The molecule has 0 atom stereocenters. The highest BCUT2D eigenvalue weighted by atomic mass is 16.5. The molecule has 0 radical (unpaired) electrons. The first kappa shape index (κ1) is 27.8. The van der Waals surface area contributed by atoms with Crippen molar-refractivity contribution in [1.29, 1.82) is 0 Å². The van der Waals surface area contributed by atoms with Crippen molar-refractivity contribution in [3.63, 3.8) is 0 Å². The Bertz CT molecular complexity index is 1130. The average molecular weight is 509 g/mol. The molecule has 3 aromatic rings. The minimum absolute atomic E-state index is 0.0651. The molecular weight excluding hydrogens is 472 g/mol. The summed E-state index contributed by atoms with van der Waals surface area (Å²) in [7, 11) is 4.76. The standard InChI is InChI=1S/C29H36N2O6/c1-5-22-8-11-24(12-9-22)29(33)31(16-18-34-2)21-28(32)30(20-25-7-6-17-37-25)15-14-23-10-13-26(35-3)27(19-23)36-4/h6-13,17,19H,5,14-16,18,20-21H2,1-4H3. The lowest BCUT2D eigenvalue weighted by atomic mass is 10.1. The fourth-order valence-corrected chi connectivity index (χ4v) is 3.97. The molecule has 1 aromatic heterocycles. The molecule has 198 valence electrons. The maximum absolute atomic E-state index is 13.5. The zero-order valence-corrected chi connectivity index (χ0v) is 22.1. The number of aryl methyl sites for hydroxylation is 1. The SMILES string of the molecule is CCc1ccc(C(=O)N(CCOC)CC(=O)N(CCc2ccc(OC)c(OC)c2)Cc2ccco2)cc1. The van der Waals surface area contributed by atoms with Crippen LogP contribution < -0.4 is 9.47 Å². The van der Waals surface area contributed by atoms with Crippen LogP contribution in [0, 0.1) is 0 Å². The van der Waals surface area contributed by atoms with Gasteiger partial charge in [0.1, 0.15) is 12.3 Å². The van der Waals surface area contributed by atoms with Gasteiger partial charge in [-0.15, -0.1) is 0 Å². The summed E-state index contributed by atoms with van der Waals surface area (Å²) in [5.41, 5.74) is 2.69. The normalized spacial score (nSPS) is 10.7. The average Bonchev–Trinajstić information content (AvgIpc) is 3.45. The Morgan fingerprint density at radius 2 is 1.59 bits per heavy atom. The van der Waals surface area contributed by atoms with E-state index in [9.17, 15) is 9.59 Å². The van der Waals surface area contributed by atoms with Crippen molar-refractivity contribution in [3.05, 3.63) is 83.3 Å². The van der Waals surface area contributed by atoms with Crippen molar-refractivity contribution < 1.29 is 28.2 Å². The molecule has 0 aliphatic heterocycles. The van der Waals surface area contributed by atoms with Crippen LogP contribution >= 0.6 is 0 Å². The Hall–Kier alpha value is -3.78. The Kier molecular flexibility index (Phi) is 10.6. The quantitative estimate of drug-likeness (QED) is 0.324. The van der Waals surface area contributed by atoms with Gasteiger partial charge in [0.25, 0.3) is 5.91 Å². The maximum Gasteiger partial charge on any atom is 0.254 e. The van der Waals surface area contributed by atoms with Crippen molar-refractivity contribution in [2.75, 3.05) is 47.6 Å². The number of ether oxygens (including phenoxy) is 3. The van der Waals surface area contributed by atoms with Gasteiger partial charge >= 0.3 is 0 Å². The maximum atomic E-state index is 13.5. The lowest BCUT2D eigenvalue weighted by Gasteiger charge is -2.27. The molecule has 37 heavy (non-hydrogen) atoms. The predicted octanol–water partition coefficient (Wildman–Crippen LogP) is 4.22. The van der Waals surface area contributed by atoms with Crippen LogP contribution in [-0.2, 0) is 28.9 Å². The van der Waals surface area contributed by atoms with Crippen molar-refractivity contribution in [1.82, 2.24) is 9.80 Å². The lowest BCUT2D eigenvalue weighted by molar-refractivity contribution is -0.132. The van der Waals surface area contributed by atoms with E-state index in [0.29, 0.717) is 55.5 Å². The molecule has 3 rings (SSSR count). The summed E-state index contributed by atoms with van der Waals surface area (Å²) in [6.07, 6.45) is 3.07.